The van der Waals surface area contributed by atoms with E-state index in [0.717, 1.165) is 11.1 Å². The summed E-state index contributed by atoms with van der Waals surface area (Å²) in [4.78, 5) is 23.4. The summed E-state index contributed by atoms with van der Waals surface area (Å²) in [6.07, 6.45) is 0.0894. The van der Waals surface area contributed by atoms with Crippen LogP contribution in [0.4, 0.5) is 0 Å². The van der Waals surface area contributed by atoms with E-state index < -0.39 is 17.5 Å². The van der Waals surface area contributed by atoms with Gasteiger partial charge < -0.3 is 20.7 Å². The van der Waals surface area contributed by atoms with Gasteiger partial charge in [0.2, 0.25) is 0 Å². The molecule has 1 atom stereocenters. The number of para-hydroxylation sites is 2. The van der Waals surface area contributed by atoms with Gasteiger partial charge in [-0.1, -0.05) is 48.5 Å². The van der Waals surface area contributed by atoms with Crippen molar-refractivity contribution in [3.63, 3.8) is 0 Å². The van der Waals surface area contributed by atoms with Gasteiger partial charge in [-0.2, -0.15) is 0 Å². The molecule has 4 rings (SSSR count). The van der Waals surface area contributed by atoms with Crippen molar-refractivity contribution in [1.29, 1.82) is 0 Å². The van der Waals surface area contributed by atoms with Gasteiger partial charge in [0.1, 0.15) is 17.0 Å². The zero-order chi connectivity index (χ0) is 20.6. The molecule has 1 heterocycles. The number of fused-ring (bicyclic) bond motifs is 2. The molecule has 3 aromatic rings. The molecule has 0 aromatic heterocycles. The third-order valence-electron chi connectivity index (χ3n) is 5.36. The molecular weight excluding hydrogens is 370 g/mol. The second kappa shape index (κ2) is 7.07. The molecule has 0 aliphatic carbocycles. The number of carboxylic acids is 2. The maximum atomic E-state index is 12.3. The second-order valence-electron chi connectivity index (χ2n) is 7.09. The quantitative estimate of drug-likeness (QED) is 0.609. The molecule has 146 valence electrons. The number of hydrogen-bond donors (Lipinski definition) is 3. The van der Waals surface area contributed by atoms with E-state index in [1.165, 1.54) is 24.3 Å². The average Bonchev–Trinajstić information content (AvgIpc) is 2.73. The number of carbonyl (C=O) groups is 2. The van der Waals surface area contributed by atoms with E-state index in [0.29, 0.717) is 17.1 Å². The number of benzene rings is 3. The van der Waals surface area contributed by atoms with Gasteiger partial charge in [0.15, 0.2) is 0 Å². The van der Waals surface area contributed by atoms with Crippen LogP contribution in [0.5, 0.6) is 11.5 Å². The molecule has 0 spiro atoms. The second-order valence-corrected chi connectivity index (χ2v) is 7.09. The van der Waals surface area contributed by atoms with Crippen LogP contribution in [0, 0.1) is 0 Å². The Morgan fingerprint density at radius 3 is 1.86 bits per heavy atom. The van der Waals surface area contributed by atoms with Gasteiger partial charge in [0, 0.05) is 17.0 Å². The normalized spacial score (nSPS) is 14.8. The molecule has 1 unspecified atom stereocenters. The summed E-state index contributed by atoms with van der Waals surface area (Å²) < 4.78 is 5.98. The Morgan fingerprint density at radius 2 is 1.38 bits per heavy atom. The Kier molecular flexibility index (Phi) is 4.56. The van der Waals surface area contributed by atoms with Crippen molar-refractivity contribution in [2.75, 3.05) is 0 Å². The van der Waals surface area contributed by atoms with E-state index in [1.54, 1.807) is 0 Å². The Bertz CT molecular complexity index is 1050. The third-order valence-corrected chi connectivity index (χ3v) is 5.36. The van der Waals surface area contributed by atoms with Gasteiger partial charge in [0.05, 0.1) is 5.56 Å². The van der Waals surface area contributed by atoms with E-state index in [2.05, 4.69) is 0 Å². The van der Waals surface area contributed by atoms with Crippen molar-refractivity contribution in [2.45, 2.75) is 17.9 Å². The molecule has 0 saturated carbocycles. The Morgan fingerprint density at radius 1 is 0.862 bits per heavy atom. The van der Waals surface area contributed by atoms with Crippen LogP contribution in [0.25, 0.3) is 0 Å². The van der Waals surface area contributed by atoms with Crippen LogP contribution in [0.2, 0.25) is 0 Å². The van der Waals surface area contributed by atoms with Crippen LogP contribution in [-0.4, -0.2) is 22.2 Å². The molecule has 1 aliphatic heterocycles. The van der Waals surface area contributed by atoms with Gasteiger partial charge in [-0.15, -0.1) is 0 Å². The van der Waals surface area contributed by atoms with E-state index in [1.807, 2.05) is 48.5 Å². The predicted octanol–water partition coefficient (Wildman–Crippen LogP) is 3.95. The molecule has 29 heavy (non-hydrogen) atoms. The number of hydrogen-bond acceptors (Lipinski definition) is 4. The van der Waals surface area contributed by atoms with Crippen molar-refractivity contribution >= 4 is 11.9 Å². The number of aliphatic carboxylic acids is 1. The summed E-state index contributed by atoms with van der Waals surface area (Å²) >= 11 is 0. The van der Waals surface area contributed by atoms with Crippen LogP contribution in [0.1, 0.15) is 39.4 Å². The van der Waals surface area contributed by atoms with Crippen molar-refractivity contribution in [2.24, 2.45) is 5.73 Å². The summed E-state index contributed by atoms with van der Waals surface area (Å²) in [6, 6.07) is 20.7. The Labute approximate surface area is 167 Å². The molecule has 1 aliphatic rings. The van der Waals surface area contributed by atoms with Crippen molar-refractivity contribution in [3.8, 4) is 11.5 Å². The fraction of sp³-hybridized carbons (Fsp3) is 0.130. The summed E-state index contributed by atoms with van der Waals surface area (Å²) in [5.74, 6) is -1.21. The molecule has 0 fully saturated rings. The van der Waals surface area contributed by atoms with Crippen LogP contribution < -0.4 is 10.5 Å². The standard InChI is InChI=1S/C23H19NO5/c24-23(22(27)28,15-11-9-14(10-12-15)21(25)26)13-18-16-5-1-3-7-19(16)29-20-8-4-2-6-17(18)20/h1-12,18H,13,24H2,(H,25,26)(H,27,28). The number of nitrogens with two attached hydrogens (primary N) is 1. The third kappa shape index (κ3) is 3.23. The van der Waals surface area contributed by atoms with Crippen molar-refractivity contribution in [3.05, 3.63) is 95.1 Å². The first kappa shape index (κ1) is 18.7. The average molecular weight is 389 g/mol. The summed E-state index contributed by atoms with van der Waals surface area (Å²) in [5.41, 5.74) is 6.88. The van der Waals surface area contributed by atoms with E-state index in [9.17, 15) is 14.7 Å². The highest BCUT2D eigenvalue weighted by molar-refractivity contribution is 5.88. The molecular formula is C23H19NO5. The first-order chi connectivity index (χ1) is 13.9. The maximum absolute atomic E-state index is 12.3. The lowest BCUT2D eigenvalue weighted by Gasteiger charge is -2.34. The molecule has 0 radical (unpaired) electrons. The highest BCUT2D eigenvalue weighted by atomic mass is 16.5. The van der Waals surface area contributed by atoms with Crippen molar-refractivity contribution < 1.29 is 24.5 Å². The number of rotatable bonds is 5. The molecule has 4 N–H and O–H groups in total. The minimum absolute atomic E-state index is 0.0725. The lowest BCUT2D eigenvalue weighted by Crippen LogP contribution is -2.46. The minimum atomic E-state index is -1.71. The number of carboxylic acid groups (broad SMARTS) is 2. The Balaban J connectivity index is 1.80. The molecule has 0 amide bonds. The summed E-state index contributed by atoms with van der Waals surface area (Å²) in [7, 11) is 0. The van der Waals surface area contributed by atoms with Gasteiger partial charge in [0.25, 0.3) is 0 Å². The summed E-state index contributed by atoms with van der Waals surface area (Å²) in [5, 5.41) is 19.1. The van der Waals surface area contributed by atoms with E-state index in [4.69, 9.17) is 15.6 Å². The highest BCUT2D eigenvalue weighted by Crippen LogP contribution is 2.48. The first-order valence-electron chi connectivity index (χ1n) is 9.12. The smallest absolute Gasteiger partial charge is 0.335 e. The van der Waals surface area contributed by atoms with Gasteiger partial charge >= 0.3 is 11.9 Å². The minimum Gasteiger partial charge on any atom is -0.480 e. The predicted molar refractivity (Wildman–Crippen MR) is 106 cm³/mol. The maximum Gasteiger partial charge on any atom is 0.335 e. The fourth-order valence-corrected chi connectivity index (χ4v) is 3.79. The van der Waals surface area contributed by atoms with Crippen LogP contribution >= 0.6 is 0 Å². The summed E-state index contributed by atoms with van der Waals surface area (Å²) in [6.45, 7) is 0. The topological polar surface area (TPSA) is 110 Å². The van der Waals surface area contributed by atoms with Crippen molar-refractivity contribution in [1.82, 2.24) is 0 Å². The number of aromatic carboxylic acids is 1. The molecule has 0 bridgehead atoms. The fourth-order valence-electron chi connectivity index (χ4n) is 3.79. The lowest BCUT2D eigenvalue weighted by molar-refractivity contribution is -0.144. The first-order valence-corrected chi connectivity index (χ1v) is 9.12. The largest absolute Gasteiger partial charge is 0.480 e. The van der Waals surface area contributed by atoms with Gasteiger partial charge in [-0.3, -0.25) is 0 Å². The Hall–Kier alpha value is -3.64. The van der Waals surface area contributed by atoms with E-state index in [-0.39, 0.29) is 17.9 Å². The number of ether oxygens (including phenoxy) is 1. The lowest BCUT2D eigenvalue weighted by atomic mass is 9.75. The van der Waals surface area contributed by atoms with Crippen LogP contribution in [0.15, 0.2) is 72.8 Å². The monoisotopic (exact) mass is 389 g/mol. The van der Waals surface area contributed by atoms with Crippen LogP contribution in [-0.2, 0) is 10.3 Å². The van der Waals surface area contributed by atoms with E-state index >= 15 is 0 Å². The zero-order valence-corrected chi connectivity index (χ0v) is 15.4. The molecule has 6 nitrogen and oxygen atoms in total. The molecule has 0 saturated heterocycles. The van der Waals surface area contributed by atoms with Crippen LogP contribution in [0.3, 0.4) is 0 Å². The molecule has 6 heteroatoms. The zero-order valence-electron chi connectivity index (χ0n) is 15.4. The van der Waals surface area contributed by atoms with Gasteiger partial charge in [-0.25, -0.2) is 9.59 Å². The highest BCUT2D eigenvalue weighted by Gasteiger charge is 2.41. The molecule has 3 aromatic carbocycles. The SMILES string of the molecule is NC(CC1c2ccccc2Oc2ccccc21)(C(=O)O)c1ccc(C(=O)O)cc1. The van der Waals surface area contributed by atoms with Gasteiger partial charge in [-0.05, 0) is 36.2 Å².